The normalized spacial score (nSPS) is 10.9. The maximum Gasteiger partial charge on any atom is 0.392 e. The van der Waals surface area contributed by atoms with Gasteiger partial charge in [-0.15, -0.1) is 0 Å². The molecular weight excluding hydrogens is 236 g/mol. The number of carboxylic acid groups (broad SMARTS) is 1. The summed E-state index contributed by atoms with van der Waals surface area (Å²) in [4.78, 5) is 17.3. The van der Waals surface area contributed by atoms with Crippen molar-refractivity contribution in [1.82, 2.24) is 9.97 Å². The van der Waals surface area contributed by atoms with Crippen LogP contribution >= 0.6 is 0 Å². The van der Waals surface area contributed by atoms with Gasteiger partial charge in [0.2, 0.25) is 0 Å². The fourth-order valence-corrected chi connectivity index (χ4v) is 1.77. The lowest BCUT2D eigenvalue weighted by Gasteiger charge is -1.91. The standard InChI is InChI=1S/C12H8N2O4/c15-9-3-1-2-7-6(9)4-8(14-7)10-5-13-11(18-10)12(16)17/h1-5,14-15H,(H,16,17). The Balaban J connectivity index is 2.13. The van der Waals surface area contributed by atoms with Gasteiger partial charge in [0.05, 0.1) is 11.9 Å². The van der Waals surface area contributed by atoms with Crippen molar-refractivity contribution in [2.45, 2.75) is 0 Å². The maximum atomic E-state index is 10.7. The molecule has 2 heterocycles. The van der Waals surface area contributed by atoms with Crippen molar-refractivity contribution in [1.29, 1.82) is 0 Å². The lowest BCUT2D eigenvalue weighted by molar-refractivity contribution is 0.0654. The molecule has 18 heavy (non-hydrogen) atoms. The van der Waals surface area contributed by atoms with Crippen LogP contribution in [0.3, 0.4) is 0 Å². The van der Waals surface area contributed by atoms with Gasteiger partial charge in [0.15, 0.2) is 5.76 Å². The highest BCUT2D eigenvalue weighted by molar-refractivity contribution is 5.90. The van der Waals surface area contributed by atoms with Gasteiger partial charge < -0.3 is 19.6 Å². The van der Waals surface area contributed by atoms with Gasteiger partial charge in [-0.05, 0) is 18.2 Å². The number of aromatic nitrogens is 2. The Kier molecular flexibility index (Phi) is 2.09. The zero-order valence-corrected chi connectivity index (χ0v) is 9.04. The molecule has 0 fully saturated rings. The maximum absolute atomic E-state index is 10.7. The summed E-state index contributed by atoms with van der Waals surface area (Å²) >= 11 is 0. The van der Waals surface area contributed by atoms with Crippen molar-refractivity contribution in [2.75, 3.05) is 0 Å². The van der Waals surface area contributed by atoms with Crippen LogP contribution in [0.5, 0.6) is 5.75 Å². The summed E-state index contributed by atoms with van der Waals surface area (Å²) in [5, 5.41) is 19.0. The molecule has 3 rings (SSSR count). The molecule has 6 nitrogen and oxygen atoms in total. The van der Waals surface area contributed by atoms with Crippen LogP contribution < -0.4 is 0 Å². The van der Waals surface area contributed by atoms with Gasteiger partial charge in [-0.3, -0.25) is 0 Å². The van der Waals surface area contributed by atoms with E-state index in [4.69, 9.17) is 9.52 Å². The van der Waals surface area contributed by atoms with Gasteiger partial charge in [-0.1, -0.05) is 6.07 Å². The number of aromatic amines is 1. The van der Waals surface area contributed by atoms with E-state index >= 15 is 0 Å². The number of fused-ring (bicyclic) bond motifs is 1. The Morgan fingerprint density at radius 3 is 2.89 bits per heavy atom. The van der Waals surface area contributed by atoms with E-state index in [0.717, 1.165) is 5.52 Å². The molecule has 0 radical (unpaired) electrons. The van der Waals surface area contributed by atoms with E-state index in [1.54, 1.807) is 24.3 Å². The van der Waals surface area contributed by atoms with Crippen molar-refractivity contribution < 1.29 is 19.4 Å². The van der Waals surface area contributed by atoms with Crippen LogP contribution in [0.15, 0.2) is 34.9 Å². The molecule has 1 aromatic carbocycles. The fourth-order valence-electron chi connectivity index (χ4n) is 1.77. The number of H-pyrrole nitrogens is 1. The second-order valence-electron chi connectivity index (χ2n) is 3.76. The molecule has 0 amide bonds. The molecule has 0 aliphatic rings. The summed E-state index contributed by atoms with van der Waals surface area (Å²) < 4.78 is 5.08. The topological polar surface area (TPSA) is 99.4 Å². The van der Waals surface area contributed by atoms with Gasteiger partial charge in [-0.25, -0.2) is 9.78 Å². The lowest BCUT2D eigenvalue weighted by atomic mass is 10.2. The summed E-state index contributed by atoms with van der Waals surface area (Å²) in [6.45, 7) is 0. The minimum atomic E-state index is -1.22. The van der Waals surface area contributed by atoms with Crippen LogP contribution in [0.1, 0.15) is 10.7 Å². The van der Waals surface area contributed by atoms with Gasteiger partial charge >= 0.3 is 11.9 Å². The molecule has 0 aliphatic heterocycles. The number of hydrogen-bond donors (Lipinski definition) is 3. The summed E-state index contributed by atoms with van der Waals surface area (Å²) in [6.07, 6.45) is 1.32. The number of phenols is 1. The van der Waals surface area contributed by atoms with Crippen molar-refractivity contribution in [3.63, 3.8) is 0 Å². The molecule has 90 valence electrons. The van der Waals surface area contributed by atoms with E-state index in [-0.39, 0.29) is 11.6 Å². The molecule has 0 aliphatic carbocycles. The second kappa shape index (κ2) is 3.63. The number of nitrogens with zero attached hydrogens (tertiary/aromatic N) is 1. The number of nitrogens with one attached hydrogen (secondary N) is 1. The van der Waals surface area contributed by atoms with Crippen molar-refractivity contribution in [2.24, 2.45) is 0 Å². The minimum absolute atomic E-state index is 0.146. The van der Waals surface area contributed by atoms with Gasteiger partial charge in [0, 0.05) is 10.9 Å². The summed E-state index contributed by atoms with van der Waals surface area (Å²) in [6, 6.07) is 6.76. The van der Waals surface area contributed by atoms with E-state index in [0.29, 0.717) is 16.8 Å². The number of phenolic OH excluding ortho intramolecular Hbond substituents is 1. The van der Waals surface area contributed by atoms with Crippen LogP contribution in [0.25, 0.3) is 22.4 Å². The molecule has 0 atom stereocenters. The molecule has 0 saturated carbocycles. The molecule has 6 heteroatoms. The highest BCUT2D eigenvalue weighted by atomic mass is 16.4. The van der Waals surface area contributed by atoms with Gasteiger partial charge in [0.1, 0.15) is 5.75 Å². The molecule has 3 aromatic rings. The Morgan fingerprint density at radius 2 is 2.22 bits per heavy atom. The first kappa shape index (κ1) is 10.4. The van der Waals surface area contributed by atoms with Gasteiger partial charge in [-0.2, -0.15) is 0 Å². The van der Waals surface area contributed by atoms with Crippen molar-refractivity contribution in [3.8, 4) is 17.2 Å². The lowest BCUT2D eigenvalue weighted by Crippen LogP contribution is -1.94. The Bertz CT molecular complexity index is 741. The molecule has 0 spiro atoms. The van der Waals surface area contributed by atoms with E-state index in [1.165, 1.54) is 6.20 Å². The first-order valence-electron chi connectivity index (χ1n) is 5.15. The van der Waals surface area contributed by atoms with Crippen LogP contribution in [0.4, 0.5) is 0 Å². The number of rotatable bonds is 2. The molecular formula is C12H8N2O4. The summed E-state index contributed by atoms with van der Waals surface area (Å²) in [7, 11) is 0. The number of aromatic hydroxyl groups is 1. The number of carbonyl (C=O) groups is 1. The zero-order valence-electron chi connectivity index (χ0n) is 9.04. The number of hydrogen-bond acceptors (Lipinski definition) is 4. The molecule has 3 N–H and O–H groups in total. The SMILES string of the molecule is O=C(O)c1ncc(-c2cc3c(O)cccc3[nH]2)o1. The number of benzene rings is 1. The monoisotopic (exact) mass is 244 g/mol. The zero-order chi connectivity index (χ0) is 12.7. The smallest absolute Gasteiger partial charge is 0.392 e. The van der Waals surface area contributed by atoms with E-state index < -0.39 is 5.97 Å². The molecule has 0 saturated heterocycles. The number of oxazole rings is 1. The van der Waals surface area contributed by atoms with Crippen LogP contribution in [0.2, 0.25) is 0 Å². The van der Waals surface area contributed by atoms with Crippen molar-refractivity contribution >= 4 is 16.9 Å². The largest absolute Gasteiger partial charge is 0.507 e. The summed E-state index contributed by atoms with van der Waals surface area (Å²) in [5.41, 5.74) is 1.30. The first-order chi connectivity index (χ1) is 8.65. The van der Waals surface area contributed by atoms with Crippen LogP contribution in [-0.4, -0.2) is 26.2 Å². The third kappa shape index (κ3) is 1.51. The quantitative estimate of drug-likeness (QED) is 0.641. The highest BCUT2D eigenvalue weighted by Gasteiger charge is 2.14. The Morgan fingerprint density at radius 1 is 1.39 bits per heavy atom. The highest BCUT2D eigenvalue weighted by Crippen LogP contribution is 2.29. The third-order valence-electron chi connectivity index (χ3n) is 2.60. The van der Waals surface area contributed by atoms with Crippen LogP contribution in [-0.2, 0) is 0 Å². The number of carboxylic acids is 1. The van der Waals surface area contributed by atoms with E-state index in [9.17, 15) is 9.90 Å². The fraction of sp³-hybridized carbons (Fsp3) is 0. The third-order valence-corrected chi connectivity index (χ3v) is 2.60. The van der Waals surface area contributed by atoms with Gasteiger partial charge in [0.25, 0.3) is 0 Å². The van der Waals surface area contributed by atoms with E-state index in [1.807, 2.05) is 0 Å². The predicted molar refractivity (Wildman–Crippen MR) is 62.4 cm³/mol. The molecule has 0 bridgehead atoms. The Labute approximate surface area is 101 Å². The first-order valence-corrected chi connectivity index (χ1v) is 5.15. The number of aromatic carboxylic acids is 1. The molecule has 0 unspecified atom stereocenters. The predicted octanol–water partition coefficient (Wildman–Crippen LogP) is 2.23. The van der Waals surface area contributed by atoms with Crippen molar-refractivity contribution in [3.05, 3.63) is 36.4 Å². The van der Waals surface area contributed by atoms with E-state index in [2.05, 4.69) is 9.97 Å². The molecule has 2 aromatic heterocycles. The average molecular weight is 244 g/mol. The summed E-state index contributed by atoms with van der Waals surface area (Å²) in [5.74, 6) is -1.14. The van der Waals surface area contributed by atoms with Crippen LogP contribution in [0, 0.1) is 0 Å². The minimum Gasteiger partial charge on any atom is -0.507 e. The average Bonchev–Trinajstić information content (AvgIpc) is 2.95. The Hall–Kier alpha value is -2.76. The second-order valence-corrected chi connectivity index (χ2v) is 3.76.